The summed E-state index contributed by atoms with van der Waals surface area (Å²) in [6.07, 6.45) is -3.06. The Morgan fingerprint density at radius 3 is 2.08 bits per heavy atom. The molecule has 0 aliphatic rings. The lowest BCUT2D eigenvalue weighted by molar-refractivity contribution is -0.192. The SMILES string of the molecule is CC[C@H](C)[C@@H](CO)NC(C)Cc1ccc(Cl)cc1.O=C(O)C(F)(F)F. The summed E-state index contributed by atoms with van der Waals surface area (Å²) in [6.45, 7) is 6.67. The van der Waals surface area contributed by atoms with E-state index in [1.54, 1.807) is 0 Å². The molecule has 0 aliphatic carbocycles. The number of aliphatic carboxylic acids is 1. The van der Waals surface area contributed by atoms with Crippen molar-refractivity contribution in [1.82, 2.24) is 5.32 Å². The normalized spacial score (nSPS) is 14.9. The van der Waals surface area contributed by atoms with Crippen LogP contribution in [0.3, 0.4) is 0 Å². The molecule has 0 saturated heterocycles. The van der Waals surface area contributed by atoms with E-state index in [1.807, 2.05) is 12.1 Å². The van der Waals surface area contributed by atoms with Crippen LogP contribution in [0, 0.1) is 5.92 Å². The van der Waals surface area contributed by atoms with Gasteiger partial charge in [-0.15, -0.1) is 0 Å². The number of halogens is 4. The predicted octanol–water partition coefficient (Wildman–Crippen LogP) is 3.90. The molecule has 1 rings (SSSR count). The second-order valence-electron chi connectivity index (χ2n) is 5.88. The maximum Gasteiger partial charge on any atom is 0.490 e. The van der Waals surface area contributed by atoms with E-state index in [2.05, 4.69) is 38.2 Å². The number of alkyl halides is 3. The van der Waals surface area contributed by atoms with Crippen molar-refractivity contribution in [1.29, 1.82) is 0 Å². The Labute approximate surface area is 151 Å². The van der Waals surface area contributed by atoms with Gasteiger partial charge in [-0.1, -0.05) is 44.0 Å². The van der Waals surface area contributed by atoms with E-state index < -0.39 is 12.1 Å². The fraction of sp³-hybridized carbons (Fsp3) is 0.588. The highest BCUT2D eigenvalue weighted by Crippen LogP contribution is 2.14. The minimum absolute atomic E-state index is 0.178. The van der Waals surface area contributed by atoms with Gasteiger partial charge in [-0.2, -0.15) is 13.2 Å². The molecule has 0 aliphatic heterocycles. The van der Waals surface area contributed by atoms with Crippen LogP contribution in [0.25, 0.3) is 0 Å². The van der Waals surface area contributed by atoms with Gasteiger partial charge in [0.15, 0.2) is 0 Å². The monoisotopic (exact) mass is 383 g/mol. The Kier molecular flexibility index (Phi) is 10.7. The molecule has 4 nitrogen and oxygen atoms in total. The average Bonchev–Trinajstić information content (AvgIpc) is 2.53. The van der Waals surface area contributed by atoms with Gasteiger partial charge in [0.2, 0.25) is 0 Å². The molecular formula is C17H25ClF3NO3. The topological polar surface area (TPSA) is 69.6 Å². The second-order valence-corrected chi connectivity index (χ2v) is 6.31. The van der Waals surface area contributed by atoms with Crippen LogP contribution in [0.15, 0.2) is 24.3 Å². The van der Waals surface area contributed by atoms with Crippen molar-refractivity contribution < 1.29 is 28.2 Å². The fourth-order valence-corrected chi connectivity index (χ4v) is 2.21. The van der Waals surface area contributed by atoms with E-state index in [9.17, 15) is 18.3 Å². The summed E-state index contributed by atoms with van der Waals surface area (Å²) in [5.74, 6) is -2.27. The molecule has 0 aromatic heterocycles. The summed E-state index contributed by atoms with van der Waals surface area (Å²) in [5.41, 5.74) is 1.26. The number of hydrogen-bond donors (Lipinski definition) is 3. The van der Waals surface area contributed by atoms with Gasteiger partial charge >= 0.3 is 12.1 Å². The third kappa shape index (κ3) is 10.3. The highest BCUT2D eigenvalue weighted by molar-refractivity contribution is 6.30. The minimum atomic E-state index is -5.08. The largest absolute Gasteiger partial charge is 0.490 e. The van der Waals surface area contributed by atoms with E-state index in [0.717, 1.165) is 17.9 Å². The molecule has 3 N–H and O–H groups in total. The predicted molar refractivity (Wildman–Crippen MR) is 91.8 cm³/mol. The van der Waals surface area contributed by atoms with Crippen LogP contribution in [0.4, 0.5) is 13.2 Å². The second kappa shape index (κ2) is 11.3. The summed E-state index contributed by atoms with van der Waals surface area (Å²) in [5, 5.41) is 20.8. The summed E-state index contributed by atoms with van der Waals surface area (Å²) in [7, 11) is 0. The molecule has 0 amide bonds. The maximum absolute atomic E-state index is 10.6. The lowest BCUT2D eigenvalue weighted by Crippen LogP contribution is -2.43. The lowest BCUT2D eigenvalue weighted by atomic mass is 9.98. The summed E-state index contributed by atoms with van der Waals surface area (Å²) in [6, 6.07) is 8.47. The number of aliphatic hydroxyl groups excluding tert-OH is 1. The zero-order chi connectivity index (χ0) is 19.6. The molecule has 0 spiro atoms. The molecule has 1 aromatic rings. The van der Waals surface area contributed by atoms with Crippen LogP contribution >= 0.6 is 11.6 Å². The molecule has 0 fully saturated rings. The smallest absolute Gasteiger partial charge is 0.475 e. The van der Waals surface area contributed by atoms with Crippen LogP contribution in [0.5, 0.6) is 0 Å². The summed E-state index contributed by atoms with van der Waals surface area (Å²) < 4.78 is 31.7. The molecule has 0 radical (unpaired) electrons. The van der Waals surface area contributed by atoms with E-state index in [-0.39, 0.29) is 12.6 Å². The van der Waals surface area contributed by atoms with Gasteiger partial charge in [-0.25, -0.2) is 4.79 Å². The fourth-order valence-electron chi connectivity index (χ4n) is 2.08. The van der Waals surface area contributed by atoms with Gasteiger partial charge in [-0.05, 0) is 37.0 Å². The van der Waals surface area contributed by atoms with Crippen molar-refractivity contribution in [2.45, 2.75) is 51.9 Å². The molecule has 0 heterocycles. The van der Waals surface area contributed by atoms with Crippen LogP contribution in [-0.4, -0.2) is 41.0 Å². The van der Waals surface area contributed by atoms with Crippen molar-refractivity contribution in [2.75, 3.05) is 6.61 Å². The third-order valence-electron chi connectivity index (χ3n) is 3.72. The standard InChI is InChI=1S/C15H24ClNO.C2HF3O2/c1-4-11(2)15(10-18)17-12(3)9-13-5-7-14(16)8-6-13;3-2(4,5)1(6)7/h5-8,11-12,15,17-18H,4,9-10H2,1-3H3;(H,6,7)/t11-,12?,15+;/m0./s1. The zero-order valence-electron chi connectivity index (χ0n) is 14.5. The Balaban J connectivity index is 0.000000697. The number of hydrogen-bond acceptors (Lipinski definition) is 3. The third-order valence-corrected chi connectivity index (χ3v) is 3.98. The number of rotatable bonds is 7. The average molecular weight is 384 g/mol. The number of nitrogens with one attached hydrogen (secondary N) is 1. The van der Waals surface area contributed by atoms with Gasteiger partial charge in [0.1, 0.15) is 0 Å². The zero-order valence-corrected chi connectivity index (χ0v) is 15.2. The number of carboxylic acids is 1. The van der Waals surface area contributed by atoms with Gasteiger partial charge in [0.25, 0.3) is 0 Å². The Hall–Kier alpha value is -1.31. The highest BCUT2D eigenvalue weighted by atomic mass is 35.5. The first kappa shape index (κ1) is 23.7. The van der Waals surface area contributed by atoms with Crippen LogP contribution in [0.1, 0.15) is 32.8 Å². The summed E-state index contributed by atoms with van der Waals surface area (Å²) in [4.78, 5) is 8.90. The van der Waals surface area contributed by atoms with Crippen LogP contribution in [-0.2, 0) is 11.2 Å². The Morgan fingerprint density at radius 2 is 1.72 bits per heavy atom. The van der Waals surface area contributed by atoms with Crippen LogP contribution < -0.4 is 5.32 Å². The summed E-state index contributed by atoms with van der Waals surface area (Å²) >= 11 is 5.87. The lowest BCUT2D eigenvalue weighted by Gasteiger charge is -2.26. The number of aliphatic hydroxyl groups is 1. The Morgan fingerprint density at radius 1 is 1.24 bits per heavy atom. The quantitative estimate of drug-likeness (QED) is 0.668. The van der Waals surface area contributed by atoms with Gasteiger partial charge in [-0.3, -0.25) is 0 Å². The van der Waals surface area contributed by atoms with Crippen molar-refractivity contribution in [3.63, 3.8) is 0 Å². The van der Waals surface area contributed by atoms with Crippen molar-refractivity contribution in [3.05, 3.63) is 34.9 Å². The first-order chi connectivity index (χ1) is 11.5. The van der Waals surface area contributed by atoms with E-state index in [1.165, 1.54) is 5.56 Å². The van der Waals surface area contributed by atoms with E-state index in [4.69, 9.17) is 21.5 Å². The molecule has 144 valence electrons. The molecule has 3 atom stereocenters. The van der Waals surface area contributed by atoms with Crippen molar-refractivity contribution >= 4 is 17.6 Å². The highest BCUT2D eigenvalue weighted by Gasteiger charge is 2.38. The number of carboxylic acid groups (broad SMARTS) is 1. The first-order valence-corrected chi connectivity index (χ1v) is 8.30. The molecule has 1 aromatic carbocycles. The molecule has 0 saturated carbocycles. The minimum Gasteiger partial charge on any atom is -0.475 e. The van der Waals surface area contributed by atoms with E-state index >= 15 is 0 Å². The van der Waals surface area contributed by atoms with Gasteiger partial charge < -0.3 is 15.5 Å². The molecule has 0 bridgehead atoms. The van der Waals surface area contributed by atoms with Crippen molar-refractivity contribution in [2.24, 2.45) is 5.92 Å². The number of carbonyl (C=O) groups is 1. The molecule has 1 unspecified atom stereocenters. The molecule has 8 heteroatoms. The molecule has 25 heavy (non-hydrogen) atoms. The molecular weight excluding hydrogens is 359 g/mol. The number of benzene rings is 1. The maximum atomic E-state index is 10.6. The van der Waals surface area contributed by atoms with Crippen LogP contribution in [0.2, 0.25) is 5.02 Å². The Bertz CT molecular complexity index is 509. The van der Waals surface area contributed by atoms with Gasteiger partial charge in [0.05, 0.1) is 6.61 Å². The van der Waals surface area contributed by atoms with Gasteiger partial charge in [0, 0.05) is 17.1 Å². The first-order valence-electron chi connectivity index (χ1n) is 7.92. The van der Waals surface area contributed by atoms with E-state index in [0.29, 0.717) is 12.0 Å². The van der Waals surface area contributed by atoms with Crippen molar-refractivity contribution in [3.8, 4) is 0 Å².